The van der Waals surface area contributed by atoms with Crippen LogP contribution < -0.4 is 4.90 Å². The lowest BCUT2D eigenvalue weighted by Gasteiger charge is -2.39. The number of rotatable bonds is 4. The second-order valence-electron chi connectivity index (χ2n) is 7.84. The molecular weight excluding hydrogens is 394 g/mol. The lowest BCUT2D eigenvalue weighted by molar-refractivity contribution is 0.0338. The number of anilines is 1. The Balaban J connectivity index is 0.00000112. The summed E-state index contributed by atoms with van der Waals surface area (Å²) < 4.78 is 1.98. The van der Waals surface area contributed by atoms with Crippen LogP contribution in [0.3, 0.4) is 0 Å². The second-order valence-corrected chi connectivity index (χ2v) is 7.84. The number of nitrogens with one attached hydrogen (secondary N) is 1. The van der Waals surface area contributed by atoms with Crippen LogP contribution in [0.1, 0.15) is 26.7 Å². The summed E-state index contributed by atoms with van der Waals surface area (Å²) in [7, 11) is 1.97. The van der Waals surface area contributed by atoms with E-state index in [4.69, 9.17) is 4.98 Å². The van der Waals surface area contributed by atoms with Crippen molar-refractivity contribution in [2.24, 2.45) is 12.5 Å². The van der Waals surface area contributed by atoms with Crippen LogP contribution in [0, 0.1) is 5.41 Å². The monoisotopic (exact) mass is 423 g/mol. The Labute approximate surface area is 180 Å². The summed E-state index contributed by atoms with van der Waals surface area (Å²) in [6.45, 7) is 5.33. The first kappa shape index (κ1) is 21.2. The van der Waals surface area contributed by atoms with E-state index in [2.05, 4.69) is 30.9 Å². The number of imidazole rings is 1. The largest absolute Gasteiger partial charge is 0.396 e. The molecule has 9 heteroatoms. The van der Waals surface area contributed by atoms with E-state index in [1.165, 1.54) is 0 Å². The minimum atomic E-state index is -0.419. The lowest BCUT2D eigenvalue weighted by atomic mass is 9.80. The number of hydrogen-bond donors (Lipinski definition) is 3. The first-order valence-corrected chi connectivity index (χ1v) is 10.7. The van der Waals surface area contributed by atoms with Crippen molar-refractivity contribution in [3.05, 3.63) is 30.9 Å². The number of fused-ring (bicyclic) bond motifs is 2. The van der Waals surface area contributed by atoms with Crippen LogP contribution in [0.2, 0.25) is 0 Å². The van der Waals surface area contributed by atoms with E-state index in [1.807, 2.05) is 43.9 Å². The Bertz CT molecular complexity index is 1170. The molecule has 3 N–H and O–H groups in total. The van der Waals surface area contributed by atoms with Crippen molar-refractivity contribution in [2.45, 2.75) is 26.7 Å². The van der Waals surface area contributed by atoms with Crippen LogP contribution in [-0.2, 0) is 7.05 Å². The van der Waals surface area contributed by atoms with Gasteiger partial charge in [0.05, 0.1) is 19.5 Å². The molecule has 1 saturated heterocycles. The molecule has 4 aromatic rings. The molecule has 1 aliphatic heterocycles. The summed E-state index contributed by atoms with van der Waals surface area (Å²) in [6.07, 6.45) is 6.82. The van der Waals surface area contributed by atoms with Gasteiger partial charge in [0.1, 0.15) is 16.9 Å². The number of hydrogen-bond acceptors (Lipinski definition) is 7. The molecule has 0 amide bonds. The van der Waals surface area contributed by atoms with Crippen molar-refractivity contribution < 1.29 is 10.2 Å². The minimum absolute atomic E-state index is 0.00932. The molecule has 0 aromatic carbocycles. The maximum Gasteiger partial charge on any atom is 0.228 e. The highest BCUT2D eigenvalue weighted by Gasteiger charge is 2.34. The molecule has 164 valence electrons. The summed E-state index contributed by atoms with van der Waals surface area (Å²) >= 11 is 0. The molecule has 0 atom stereocenters. The third-order valence-electron chi connectivity index (χ3n) is 6.03. The van der Waals surface area contributed by atoms with E-state index in [9.17, 15) is 10.2 Å². The van der Waals surface area contributed by atoms with Crippen LogP contribution in [0.15, 0.2) is 30.9 Å². The zero-order chi connectivity index (χ0) is 22.0. The summed E-state index contributed by atoms with van der Waals surface area (Å²) in [6, 6.07) is 4.11. The molecule has 0 saturated carbocycles. The van der Waals surface area contributed by atoms with Crippen LogP contribution in [-0.4, -0.2) is 66.0 Å². The molecular formula is C22H29N7O2. The van der Waals surface area contributed by atoms with E-state index in [0.29, 0.717) is 37.5 Å². The van der Waals surface area contributed by atoms with Crippen molar-refractivity contribution in [3.63, 3.8) is 0 Å². The predicted molar refractivity (Wildman–Crippen MR) is 121 cm³/mol. The first-order chi connectivity index (χ1) is 15.1. The summed E-state index contributed by atoms with van der Waals surface area (Å²) in [5.41, 5.74) is 3.56. The maximum atomic E-state index is 9.66. The number of aliphatic hydroxyl groups excluding tert-OH is 2. The fourth-order valence-corrected chi connectivity index (χ4v) is 4.00. The van der Waals surface area contributed by atoms with Gasteiger partial charge in [-0.25, -0.2) is 15.0 Å². The summed E-state index contributed by atoms with van der Waals surface area (Å²) in [5.74, 6) is 0.609. The van der Waals surface area contributed by atoms with Gasteiger partial charge in [0.2, 0.25) is 5.95 Å². The molecule has 0 unspecified atom stereocenters. The highest BCUT2D eigenvalue weighted by Crippen LogP contribution is 2.33. The van der Waals surface area contributed by atoms with Gasteiger partial charge in [-0.05, 0) is 25.0 Å². The number of pyridine rings is 1. The normalized spacial score (nSPS) is 15.8. The van der Waals surface area contributed by atoms with E-state index < -0.39 is 5.41 Å². The van der Waals surface area contributed by atoms with E-state index in [0.717, 1.165) is 27.8 Å². The smallest absolute Gasteiger partial charge is 0.228 e. The molecule has 0 aliphatic carbocycles. The average Bonchev–Trinajstić information content (AvgIpc) is 3.46. The molecule has 0 bridgehead atoms. The number of H-pyrrole nitrogens is 1. The Morgan fingerprint density at radius 3 is 2.55 bits per heavy atom. The van der Waals surface area contributed by atoms with Crippen LogP contribution >= 0.6 is 0 Å². The molecule has 4 aromatic heterocycles. The van der Waals surface area contributed by atoms with Crippen LogP contribution in [0.5, 0.6) is 0 Å². The van der Waals surface area contributed by atoms with E-state index >= 15 is 0 Å². The predicted octanol–water partition coefficient (Wildman–Crippen LogP) is 2.50. The van der Waals surface area contributed by atoms with Gasteiger partial charge < -0.3 is 24.7 Å². The summed E-state index contributed by atoms with van der Waals surface area (Å²) in [5, 5.41) is 20.4. The van der Waals surface area contributed by atoms with E-state index in [-0.39, 0.29) is 13.2 Å². The zero-order valence-electron chi connectivity index (χ0n) is 18.2. The van der Waals surface area contributed by atoms with E-state index in [1.54, 1.807) is 6.33 Å². The van der Waals surface area contributed by atoms with Crippen molar-refractivity contribution in [3.8, 4) is 11.3 Å². The Kier molecular flexibility index (Phi) is 5.88. The molecule has 31 heavy (non-hydrogen) atoms. The molecule has 1 aliphatic rings. The number of aromatic nitrogens is 6. The number of aromatic amines is 1. The Morgan fingerprint density at radius 1 is 1.10 bits per heavy atom. The third kappa shape index (κ3) is 3.75. The Hall–Kier alpha value is -3.04. The fourth-order valence-electron chi connectivity index (χ4n) is 4.00. The van der Waals surface area contributed by atoms with Gasteiger partial charge in [-0.2, -0.15) is 4.98 Å². The fraction of sp³-hybridized carbons (Fsp3) is 0.455. The van der Waals surface area contributed by atoms with Gasteiger partial charge in [-0.15, -0.1) is 0 Å². The van der Waals surface area contributed by atoms with Crippen molar-refractivity contribution in [1.29, 1.82) is 0 Å². The quantitative estimate of drug-likeness (QED) is 0.462. The molecule has 9 nitrogen and oxygen atoms in total. The second kappa shape index (κ2) is 8.60. The van der Waals surface area contributed by atoms with Crippen molar-refractivity contribution in [1.82, 2.24) is 29.5 Å². The Morgan fingerprint density at radius 2 is 1.84 bits per heavy atom. The van der Waals surface area contributed by atoms with Gasteiger partial charge in [-0.3, -0.25) is 0 Å². The zero-order valence-corrected chi connectivity index (χ0v) is 18.2. The standard InChI is InChI=1S/C20H23N7O2.C2H6/c1-26-5-2-13-8-14(9-21-18(13)26)15-16-17(23-12-22-16)25-19(24-15)27-6-3-20(10-28,11-29)4-7-27;1-2/h2,5,8-9,12,28-29H,3-4,6-7,10-11H2,1H3,(H,22,23,24,25);1-2H3. The van der Waals surface area contributed by atoms with Gasteiger partial charge in [0.25, 0.3) is 0 Å². The molecule has 1 fully saturated rings. The van der Waals surface area contributed by atoms with Gasteiger partial charge >= 0.3 is 0 Å². The average molecular weight is 424 g/mol. The minimum Gasteiger partial charge on any atom is -0.396 e. The topological polar surface area (TPSA) is 116 Å². The lowest BCUT2D eigenvalue weighted by Crippen LogP contribution is -2.44. The third-order valence-corrected chi connectivity index (χ3v) is 6.03. The molecule has 5 heterocycles. The number of piperidine rings is 1. The SMILES string of the molecule is CC.Cn1ccc2cc(-c3nc(N4CCC(CO)(CO)CC4)nc4nc[nH]c34)cnc21. The molecule has 5 rings (SSSR count). The van der Waals surface area contributed by atoms with Gasteiger partial charge in [-0.1, -0.05) is 13.8 Å². The highest BCUT2D eigenvalue weighted by molar-refractivity contribution is 5.91. The van der Waals surface area contributed by atoms with Crippen molar-refractivity contribution >= 4 is 28.1 Å². The van der Waals surface area contributed by atoms with Crippen LogP contribution in [0.25, 0.3) is 33.5 Å². The number of aliphatic hydroxyl groups is 2. The number of nitrogens with zero attached hydrogens (tertiary/aromatic N) is 6. The molecule has 0 radical (unpaired) electrons. The highest BCUT2D eigenvalue weighted by atomic mass is 16.3. The molecule has 0 spiro atoms. The van der Waals surface area contributed by atoms with Crippen molar-refractivity contribution in [2.75, 3.05) is 31.2 Å². The first-order valence-electron chi connectivity index (χ1n) is 10.7. The summed E-state index contributed by atoms with van der Waals surface area (Å²) in [4.78, 5) is 23.7. The van der Waals surface area contributed by atoms with Gasteiger partial charge in [0.15, 0.2) is 5.65 Å². The number of aryl methyl sites for hydroxylation is 1. The van der Waals surface area contributed by atoms with Gasteiger partial charge in [0, 0.05) is 48.9 Å². The maximum absolute atomic E-state index is 9.66. The van der Waals surface area contributed by atoms with Crippen LogP contribution in [0.4, 0.5) is 5.95 Å².